The Kier molecular flexibility index (Phi) is 4.14. The van der Waals surface area contributed by atoms with Gasteiger partial charge in [-0.3, -0.25) is 4.79 Å². The first kappa shape index (κ1) is 15.7. The Morgan fingerprint density at radius 1 is 1.04 bits per heavy atom. The van der Waals surface area contributed by atoms with Crippen LogP contribution in [0.4, 0.5) is 10.1 Å². The van der Waals surface area contributed by atoms with E-state index in [1.165, 1.54) is 6.07 Å². The molecule has 5 heteroatoms. The van der Waals surface area contributed by atoms with Crippen molar-refractivity contribution in [3.8, 4) is 0 Å². The molecule has 1 saturated heterocycles. The minimum atomic E-state index is -0.206. The number of piperazine rings is 1. The van der Waals surface area contributed by atoms with Crippen LogP contribution in [-0.4, -0.2) is 42.0 Å². The maximum Gasteiger partial charge on any atom is 0.227 e. The number of hydrogen-bond donors (Lipinski definition) is 1. The summed E-state index contributed by atoms with van der Waals surface area (Å²) in [6, 6.07) is 14.9. The van der Waals surface area contributed by atoms with Gasteiger partial charge in [-0.1, -0.05) is 18.2 Å². The lowest BCUT2D eigenvalue weighted by Crippen LogP contribution is -2.49. The zero-order chi connectivity index (χ0) is 17.2. The van der Waals surface area contributed by atoms with Crippen molar-refractivity contribution in [3.05, 3.63) is 66.1 Å². The molecule has 1 aliphatic heterocycles. The number of carbonyl (C=O) groups excluding carboxylic acids is 1. The normalized spacial score (nSPS) is 14.9. The van der Waals surface area contributed by atoms with Gasteiger partial charge >= 0.3 is 0 Å². The summed E-state index contributed by atoms with van der Waals surface area (Å²) in [5.41, 5.74) is 2.72. The number of nitrogens with one attached hydrogen (secondary N) is 1. The average molecular weight is 337 g/mol. The average Bonchev–Trinajstić information content (AvgIpc) is 3.10. The van der Waals surface area contributed by atoms with Crippen molar-refractivity contribution in [2.24, 2.45) is 0 Å². The van der Waals surface area contributed by atoms with E-state index in [1.807, 2.05) is 40.3 Å². The van der Waals surface area contributed by atoms with Crippen LogP contribution in [0.1, 0.15) is 5.56 Å². The fourth-order valence-corrected chi connectivity index (χ4v) is 3.40. The first-order chi connectivity index (χ1) is 12.2. The largest absolute Gasteiger partial charge is 0.366 e. The summed E-state index contributed by atoms with van der Waals surface area (Å²) >= 11 is 0. The predicted octanol–water partition coefficient (Wildman–Crippen LogP) is 3.20. The van der Waals surface area contributed by atoms with Gasteiger partial charge in [0.1, 0.15) is 5.82 Å². The number of amides is 1. The standard InChI is InChI=1S/C20H20FN3O/c21-17-3-1-2-4-19(17)23-9-11-24(12-10-23)20(25)14-15-5-6-18-16(13-15)7-8-22-18/h1-8,13,22H,9-12,14H2. The van der Waals surface area contributed by atoms with Crippen LogP contribution >= 0.6 is 0 Å². The summed E-state index contributed by atoms with van der Waals surface area (Å²) in [5.74, 6) is -0.0786. The molecule has 4 rings (SSSR count). The quantitative estimate of drug-likeness (QED) is 0.797. The summed E-state index contributed by atoms with van der Waals surface area (Å²) in [7, 11) is 0. The summed E-state index contributed by atoms with van der Waals surface area (Å²) < 4.78 is 13.9. The van der Waals surface area contributed by atoms with Crippen molar-refractivity contribution in [1.82, 2.24) is 9.88 Å². The Morgan fingerprint density at radius 3 is 2.64 bits per heavy atom. The van der Waals surface area contributed by atoms with Crippen molar-refractivity contribution < 1.29 is 9.18 Å². The van der Waals surface area contributed by atoms with Crippen LogP contribution in [0.15, 0.2) is 54.7 Å². The Balaban J connectivity index is 1.38. The minimum absolute atomic E-state index is 0.128. The van der Waals surface area contributed by atoms with Crippen molar-refractivity contribution in [3.63, 3.8) is 0 Å². The van der Waals surface area contributed by atoms with Crippen molar-refractivity contribution in [2.75, 3.05) is 31.1 Å². The van der Waals surface area contributed by atoms with Crippen LogP contribution in [0.5, 0.6) is 0 Å². The molecule has 25 heavy (non-hydrogen) atoms. The van der Waals surface area contributed by atoms with E-state index in [0.717, 1.165) is 16.5 Å². The van der Waals surface area contributed by atoms with Crippen LogP contribution in [-0.2, 0) is 11.2 Å². The lowest BCUT2D eigenvalue weighted by Gasteiger charge is -2.36. The second-order valence-corrected chi connectivity index (χ2v) is 6.40. The zero-order valence-electron chi connectivity index (χ0n) is 13.9. The smallest absolute Gasteiger partial charge is 0.227 e. The number of aromatic amines is 1. The third-order valence-corrected chi connectivity index (χ3v) is 4.80. The van der Waals surface area contributed by atoms with Crippen molar-refractivity contribution in [2.45, 2.75) is 6.42 Å². The third-order valence-electron chi connectivity index (χ3n) is 4.80. The molecule has 0 bridgehead atoms. The van der Waals surface area contributed by atoms with Gasteiger partial charge in [-0.25, -0.2) is 4.39 Å². The van der Waals surface area contributed by atoms with Gasteiger partial charge in [0.05, 0.1) is 12.1 Å². The molecule has 1 aromatic heterocycles. The van der Waals surface area contributed by atoms with E-state index in [9.17, 15) is 9.18 Å². The topological polar surface area (TPSA) is 39.3 Å². The summed E-state index contributed by atoms with van der Waals surface area (Å²) in [4.78, 5) is 19.6. The molecule has 3 aromatic rings. The molecule has 4 nitrogen and oxygen atoms in total. The SMILES string of the molecule is O=C(Cc1ccc2[nH]ccc2c1)N1CCN(c2ccccc2F)CC1. The monoisotopic (exact) mass is 337 g/mol. The van der Waals surface area contributed by atoms with Crippen molar-refractivity contribution >= 4 is 22.5 Å². The first-order valence-corrected chi connectivity index (χ1v) is 8.54. The number of benzene rings is 2. The number of carbonyl (C=O) groups is 1. The van der Waals surface area contributed by atoms with Crippen LogP contribution < -0.4 is 4.90 Å². The van der Waals surface area contributed by atoms with E-state index in [2.05, 4.69) is 11.1 Å². The van der Waals surface area contributed by atoms with Gasteiger partial charge in [0.25, 0.3) is 0 Å². The minimum Gasteiger partial charge on any atom is -0.366 e. The van der Waals surface area contributed by atoms with Gasteiger partial charge in [-0.05, 0) is 41.3 Å². The third kappa shape index (κ3) is 3.22. The number of halogens is 1. The van der Waals surface area contributed by atoms with E-state index in [4.69, 9.17) is 0 Å². The highest BCUT2D eigenvalue weighted by Gasteiger charge is 2.22. The van der Waals surface area contributed by atoms with Crippen LogP contribution in [0.3, 0.4) is 0 Å². The summed E-state index contributed by atoms with van der Waals surface area (Å²) in [6.45, 7) is 2.56. The second kappa shape index (κ2) is 6.59. The second-order valence-electron chi connectivity index (χ2n) is 6.40. The Bertz CT molecular complexity index is 897. The van der Waals surface area contributed by atoms with E-state index < -0.39 is 0 Å². The van der Waals surface area contributed by atoms with E-state index in [0.29, 0.717) is 38.3 Å². The molecule has 0 aliphatic carbocycles. The van der Waals surface area contributed by atoms with Gasteiger partial charge < -0.3 is 14.8 Å². The van der Waals surface area contributed by atoms with E-state index >= 15 is 0 Å². The number of fused-ring (bicyclic) bond motifs is 1. The number of H-pyrrole nitrogens is 1. The molecule has 0 spiro atoms. The predicted molar refractivity (Wildman–Crippen MR) is 97.2 cm³/mol. The van der Waals surface area contributed by atoms with Crippen LogP contribution in [0.25, 0.3) is 10.9 Å². The summed E-state index contributed by atoms with van der Waals surface area (Å²) in [5, 5.41) is 1.12. The van der Waals surface area contributed by atoms with Gasteiger partial charge in [-0.15, -0.1) is 0 Å². The molecule has 128 valence electrons. The number of para-hydroxylation sites is 1. The van der Waals surface area contributed by atoms with Crippen LogP contribution in [0.2, 0.25) is 0 Å². The Morgan fingerprint density at radius 2 is 1.84 bits per heavy atom. The first-order valence-electron chi connectivity index (χ1n) is 8.54. The highest BCUT2D eigenvalue weighted by molar-refractivity contribution is 5.83. The molecule has 2 aromatic carbocycles. The van der Waals surface area contributed by atoms with Gasteiger partial charge in [-0.2, -0.15) is 0 Å². The molecular weight excluding hydrogens is 317 g/mol. The summed E-state index contributed by atoms with van der Waals surface area (Å²) in [6.07, 6.45) is 2.30. The highest BCUT2D eigenvalue weighted by Crippen LogP contribution is 2.21. The Labute approximate surface area is 145 Å². The van der Waals surface area contributed by atoms with Gasteiger partial charge in [0.2, 0.25) is 5.91 Å². The maximum atomic E-state index is 13.9. The van der Waals surface area contributed by atoms with Crippen molar-refractivity contribution in [1.29, 1.82) is 0 Å². The number of hydrogen-bond acceptors (Lipinski definition) is 2. The van der Waals surface area contributed by atoms with Gasteiger partial charge in [0.15, 0.2) is 0 Å². The molecule has 1 aliphatic rings. The van der Waals surface area contributed by atoms with E-state index in [-0.39, 0.29) is 11.7 Å². The number of anilines is 1. The molecular formula is C20H20FN3O. The van der Waals surface area contributed by atoms with E-state index in [1.54, 1.807) is 12.1 Å². The number of rotatable bonds is 3. The molecule has 0 atom stereocenters. The maximum absolute atomic E-state index is 13.9. The molecule has 0 saturated carbocycles. The number of nitrogens with zero attached hydrogens (tertiary/aromatic N) is 2. The molecule has 1 amide bonds. The lowest BCUT2D eigenvalue weighted by molar-refractivity contribution is -0.130. The highest BCUT2D eigenvalue weighted by atomic mass is 19.1. The van der Waals surface area contributed by atoms with Gasteiger partial charge in [0, 0.05) is 37.9 Å². The Hall–Kier alpha value is -2.82. The molecule has 1 fully saturated rings. The fourth-order valence-electron chi connectivity index (χ4n) is 3.40. The molecule has 1 N–H and O–H groups in total. The fraction of sp³-hybridized carbons (Fsp3) is 0.250. The van der Waals surface area contributed by atoms with Crippen LogP contribution in [0, 0.1) is 5.82 Å². The molecule has 2 heterocycles. The molecule has 0 unspecified atom stereocenters. The lowest BCUT2D eigenvalue weighted by atomic mass is 10.1. The number of aromatic nitrogens is 1. The zero-order valence-corrected chi connectivity index (χ0v) is 13.9. The molecule has 0 radical (unpaired) electrons.